The normalized spacial score (nSPS) is 20.8. The lowest BCUT2D eigenvalue weighted by Gasteiger charge is -2.38. The molecule has 1 saturated heterocycles. The van der Waals surface area contributed by atoms with E-state index >= 15 is 0 Å². The van der Waals surface area contributed by atoms with Gasteiger partial charge in [0.25, 0.3) is 0 Å². The van der Waals surface area contributed by atoms with Crippen LogP contribution in [0.25, 0.3) is 0 Å². The quantitative estimate of drug-likeness (QED) is 0.924. The zero-order valence-electron chi connectivity index (χ0n) is 11.6. The molecule has 3 nitrogen and oxygen atoms in total. The zero-order valence-corrected chi connectivity index (χ0v) is 11.6. The third kappa shape index (κ3) is 3.15. The van der Waals surface area contributed by atoms with E-state index in [0.29, 0.717) is 6.54 Å². The molecule has 0 aliphatic carbocycles. The predicted octanol–water partition coefficient (Wildman–Crippen LogP) is 2.24. The summed E-state index contributed by atoms with van der Waals surface area (Å²) in [6, 6.07) is 3.79. The minimum Gasteiger partial charge on any atom is -0.338 e. The third-order valence-corrected chi connectivity index (χ3v) is 3.85. The zero-order chi connectivity index (χ0) is 14.7. The van der Waals surface area contributed by atoms with Crippen LogP contribution in [0.1, 0.15) is 31.7 Å². The van der Waals surface area contributed by atoms with E-state index < -0.39 is 11.6 Å². The van der Waals surface area contributed by atoms with Crippen LogP contribution in [-0.4, -0.2) is 29.4 Å². The second-order valence-electron chi connectivity index (χ2n) is 5.40. The molecule has 0 aromatic heterocycles. The summed E-state index contributed by atoms with van der Waals surface area (Å²) in [6.45, 7) is 2.51. The van der Waals surface area contributed by atoms with Gasteiger partial charge in [-0.2, -0.15) is 0 Å². The maximum Gasteiger partial charge on any atom is 0.227 e. The van der Waals surface area contributed by atoms with Crippen LogP contribution in [0.2, 0.25) is 0 Å². The Bertz CT molecular complexity index is 491. The summed E-state index contributed by atoms with van der Waals surface area (Å²) >= 11 is 0. The molecule has 0 radical (unpaired) electrons. The van der Waals surface area contributed by atoms with E-state index in [4.69, 9.17) is 5.73 Å². The number of hydrogen-bond acceptors (Lipinski definition) is 2. The fourth-order valence-electron chi connectivity index (χ4n) is 2.76. The molecule has 2 N–H and O–H groups in total. The standard InChI is InChI=1S/C15H20F2N2O/c1-10(18)13-7-2-3-8-19(13)14(20)9-11-5-4-6-12(16)15(11)17/h4-6,10,13H,2-3,7-9,18H2,1H3/t10-,13+/m0/s1. The van der Waals surface area contributed by atoms with Crippen LogP contribution in [0.5, 0.6) is 0 Å². The van der Waals surface area contributed by atoms with Crippen molar-refractivity contribution >= 4 is 5.91 Å². The average Bonchev–Trinajstić information content (AvgIpc) is 2.43. The molecule has 1 aromatic rings. The monoisotopic (exact) mass is 282 g/mol. The van der Waals surface area contributed by atoms with Crippen molar-refractivity contribution < 1.29 is 13.6 Å². The van der Waals surface area contributed by atoms with Gasteiger partial charge in [-0.25, -0.2) is 8.78 Å². The lowest BCUT2D eigenvalue weighted by molar-refractivity contribution is -0.134. The van der Waals surface area contributed by atoms with Crippen molar-refractivity contribution in [3.8, 4) is 0 Å². The molecular formula is C15H20F2N2O. The summed E-state index contributed by atoms with van der Waals surface area (Å²) in [5.74, 6) is -2.04. The minimum absolute atomic E-state index is 0.00660. The minimum atomic E-state index is -0.935. The predicted molar refractivity (Wildman–Crippen MR) is 73.1 cm³/mol. The third-order valence-electron chi connectivity index (χ3n) is 3.85. The Morgan fingerprint density at radius 2 is 2.20 bits per heavy atom. The van der Waals surface area contributed by atoms with Crippen molar-refractivity contribution in [3.63, 3.8) is 0 Å². The average molecular weight is 282 g/mol. The molecule has 1 aliphatic heterocycles. The number of benzene rings is 1. The number of carbonyl (C=O) groups is 1. The van der Waals surface area contributed by atoms with Gasteiger partial charge in [0.1, 0.15) is 0 Å². The van der Waals surface area contributed by atoms with Gasteiger partial charge in [-0.1, -0.05) is 12.1 Å². The van der Waals surface area contributed by atoms with Crippen LogP contribution in [-0.2, 0) is 11.2 Å². The first-order valence-electron chi connectivity index (χ1n) is 6.98. The summed E-state index contributed by atoms with van der Waals surface area (Å²) in [7, 11) is 0. The van der Waals surface area contributed by atoms with Crippen molar-refractivity contribution in [2.75, 3.05) is 6.54 Å². The summed E-state index contributed by atoms with van der Waals surface area (Å²) in [4.78, 5) is 14.0. The van der Waals surface area contributed by atoms with E-state index in [0.717, 1.165) is 25.3 Å². The number of hydrogen-bond donors (Lipinski definition) is 1. The van der Waals surface area contributed by atoms with Crippen LogP contribution < -0.4 is 5.73 Å². The first-order chi connectivity index (χ1) is 9.50. The number of likely N-dealkylation sites (tertiary alicyclic amines) is 1. The molecule has 1 heterocycles. The van der Waals surface area contributed by atoms with Gasteiger partial charge in [-0.15, -0.1) is 0 Å². The smallest absolute Gasteiger partial charge is 0.227 e. The first kappa shape index (κ1) is 14.9. The van der Waals surface area contributed by atoms with Gasteiger partial charge in [0, 0.05) is 24.2 Å². The maximum atomic E-state index is 13.6. The summed E-state index contributed by atoms with van der Waals surface area (Å²) in [6.07, 6.45) is 2.73. The second-order valence-corrected chi connectivity index (χ2v) is 5.40. The van der Waals surface area contributed by atoms with Crippen molar-refractivity contribution in [1.82, 2.24) is 4.90 Å². The Morgan fingerprint density at radius 3 is 2.90 bits per heavy atom. The Morgan fingerprint density at radius 1 is 1.45 bits per heavy atom. The molecule has 2 atom stereocenters. The largest absolute Gasteiger partial charge is 0.338 e. The SMILES string of the molecule is C[C@H](N)[C@H]1CCCCN1C(=O)Cc1cccc(F)c1F. The van der Waals surface area contributed by atoms with E-state index in [-0.39, 0.29) is 30.0 Å². The van der Waals surface area contributed by atoms with Crippen molar-refractivity contribution in [2.45, 2.75) is 44.7 Å². The highest BCUT2D eigenvalue weighted by Crippen LogP contribution is 2.21. The van der Waals surface area contributed by atoms with Gasteiger partial charge in [-0.3, -0.25) is 4.79 Å². The fraction of sp³-hybridized carbons (Fsp3) is 0.533. The van der Waals surface area contributed by atoms with E-state index in [1.165, 1.54) is 12.1 Å². The molecular weight excluding hydrogens is 262 g/mol. The van der Waals surface area contributed by atoms with Gasteiger partial charge >= 0.3 is 0 Å². The molecule has 5 heteroatoms. The Hall–Kier alpha value is -1.49. The molecule has 1 aliphatic rings. The summed E-state index contributed by atoms with van der Waals surface area (Å²) in [5.41, 5.74) is 6.02. The van der Waals surface area contributed by atoms with Crippen LogP contribution >= 0.6 is 0 Å². The van der Waals surface area contributed by atoms with Crippen molar-refractivity contribution in [2.24, 2.45) is 5.73 Å². The van der Waals surface area contributed by atoms with E-state index in [1.807, 2.05) is 6.92 Å². The highest BCUT2D eigenvalue weighted by molar-refractivity contribution is 5.79. The Balaban J connectivity index is 2.12. The van der Waals surface area contributed by atoms with Gasteiger partial charge in [-0.05, 0) is 32.3 Å². The fourth-order valence-corrected chi connectivity index (χ4v) is 2.76. The number of piperidine rings is 1. The second kappa shape index (κ2) is 6.31. The van der Waals surface area contributed by atoms with Gasteiger partial charge in [0.2, 0.25) is 5.91 Å². The highest BCUT2D eigenvalue weighted by Gasteiger charge is 2.29. The summed E-state index contributed by atoms with van der Waals surface area (Å²) < 4.78 is 26.8. The topological polar surface area (TPSA) is 46.3 Å². The number of nitrogens with zero attached hydrogens (tertiary/aromatic N) is 1. The molecule has 0 bridgehead atoms. The van der Waals surface area contributed by atoms with E-state index in [1.54, 1.807) is 4.90 Å². The Labute approximate surface area is 117 Å². The molecule has 0 spiro atoms. The van der Waals surface area contributed by atoms with Crippen molar-refractivity contribution in [1.29, 1.82) is 0 Å². The summed E-state index contributed by atoms with van der Waals surface area (Å²) in [5, 5.41) is 0. The van der Waals surface area contributed by atoms with Crippen molar-refractivity contribution in [3.05, 3.63) is 35.4 Å². The molecule has 1 aromatic carbocycles. The van der Waals surface area contributed by atoms with Crippen LogP contribution in [0.4, 0.5) is 8.78 Å². The highest BCUT2D eigenvalue weighted by atomic mass is 19.2. The molecule has 0 unspecified atom stereocenters. The van der Waals surface area contributed by atoms with Crippen LogP contribution in [0.3, 0.4) is 0 Å². The number of halogens is 2. The molecule has 1 fully saturated rings. The number of carbonyl (C=O) groups excluding carboxylic acids is 1. The molecule has 2 rings (SSSR count). The molecule has 0 saturated carbocycles. The van der Waals surface area contributed by atoms with Gasteiger partial charge < -0.3 is 10.6 Å². The van der Waals surface area contributed by atoms with Gasteiger partial charge in [0.15, 0.2) is 11.6 Å². The lowest BCUT2D eigenvalue weighted by atomic mass is 9.96. The van der Waals surface area contributed by atoms with Crippen LogP contribution in [0.15, 0.2) is 18.2 Å². The van der Waals surface area contributed by atoms with E-state index in [9.17, 15) is 13.6 Å². The Kier molecular flexibility index (Phi) is 4.70. The molecule has 110 valence electrons. The number of amides is 1. The maximum absolute atomic E-state index is 13.6. The van der Waals surface area contributed by atoms with Gasteiger partial charge in [0.05, 0.1) is 6.42 Å². The van der Waals surface area contributed by atoms with E-state index in [2.05, 4.69) is 0 Å². The van der Waals surface area contributed by atoms with Crippen LogP contribution in [0, 0.1) is 11.6 Å². The first-order valence-corrected chi connectivity index (χ1v) is 6.98. The number of nitrogens with two attached hydrogens (primary N) is 1. The lowest BCUT2D eigenvalue weighted by Crippen LogP contribution is -2.52. The molecule has 1 amide bonds. The molecule has 20 heavy (non-hydrogen) atoms. The number of rotatable bonds is 3.